The first kappa shape index (κ1) is 10.4. The van der Waals surface area contributed by atoms with Crippen molar-refractivity contribution >= 4 is 10.0 Å². The lowest BCUT2D eigenvalue weighted by Crippen LogP contribution is -2.59. The molecule has 14 heavy (non-hydrogen) atoms. The third kappa shape index (κ3) is 2.08. The highest BCUT2D eigenvalue weighted by atomic mass is 32.2. The van der Waals surface area contributed by atoms with Crippen LogP contribution in [0.5, 0.6) is 0 Å². The predicted octanol–water partition coefficient (Wildman–Crippen LogP) is -1.29. The summed E-state index contributed by atoms with van der Waals surface area (Å²) in [6, 6.07) is 0.622. The lowest BCUT2D eigenvalue weighted by Gasteiger charge is -2.41. The molecule has 0 unspecified atom stereocenters. The Morgan fingerprint density at radius 1 is 1.21 bits per heavy atom. The summed E-state index contributed by atoms with van der Waals surface area (Å²) in [6.07, 6.45) is 1.38. The Hall–Kier alpha value is -0.170. The van der Waals surface area contributed by atoms with Gasteiger partial charge in [0, 0.05) is 19.1 Å². The van der Waals surface area contributed by atoms with Crippen molar-refractivity contribution in [1.29, 1.82) is 0 Å². The smallest absolute Gasteiger partial charge is 0.212 e. The highest BCUT2D eigenvalue weighted by molar-refractivity contribution is 7.89. The molecule has 0 aromatic carbocycles. The Morgan fingerprint density at radius 2 is 1.79 bits per heavy atom. The summed E-state index contributed by atoms with van der Waals surface area (Å²) in [4.78, 5) is 2.36. The maximum absolute atomic E-state index is 11.1. The maximum Gasteiger partial charge on any atom is 0.212 e. The Morgan fingerprint density at radius 3 is 2.14 bits per heavy atom. The van der Waals surface area contributed by atoms with Crippen LogP contribution in [0.1, 0.15) is 12.8 Å². The number of sulfonamides is 1. The largest absolute Gasteiger partial charge is 0.314 e. The zero-order chi connectivity index (χ0) is 10.2. The van der Waals surface area contributed by atoms with Gasteiger partial charge < -0.3 is 5.32 Å². The van der Waals surface area contributed by atoms with E-state index in [-0.39, 0.29) is 5.25 Å². The topological polar surface area (TPSA) is 75.4 Å². The monoisotopic (exact) mass is 219 g/mol. The Bertz CT molecular complexity index is 292. The molecule has 0 amide bonds. The lowest BCUT2D eigenvalue weighted by molar-refractivity contribution is 0.122. The molecule has 5 nitrogen and oxygen atoms in total. The Kier molecular flexibility index (Phi) is 2.79. The van der Waals surface area contributed by atoms with Gasteiger partial charge in [-0.05, 0) is 25.9 Å². The fourth-order valence-electron chi connectivity index (χ4n) is 2.10. The van der Waals surface area contributed by atoms with E-state index >= 15 is 0 Å². The van der Waals surface area contributed by atoms with E-state index in [9.17, 15) is 8.42 Å². The minimum atomic E-state index is -3.31. The first-order valence-electron chi connectivity index (χ1n) is 5.04. The normalized spacial score (nSPS) is 27.5. The number of rotatable bonds is 2. The molecule has 0 aromatic heterocycles. The van der Waals surface area contributed by atoms with Crippen LogP contribution in [0.2, 0.25) is 0 Å². The standard InChI is InChI=1S/C8H17N3O2S/c9-14(12,13)8-1-3-11(4-2-8)7-5-10-6-7/h7-8,10H,1-6H2,(H2,9,12,13). The highest BCUT2D eigenvalue weighted by Gasteiger charge is 2.32. The zero-order valence-corrected chi connectivity index (χ0v) is 8.96. The Balaban J connectivity index is 1.85. The molecule has 0 aromatic rings. The number of likely N-dealkylation sites (tertiary alicyclic amines) is 1. The second-order valence-corrected chi connectivity index (χ2v) is 5.98. The molecule has 0 spiro atoms. The SMILES string of the molecule is NS(=O)(=O)C1CCN(C2CNC2)CC1. The molecule has 2 saturated heterocycles. The summed E-state index contributed by atoms with van der Waals surface area (Å²) in [5.74, 6) is 0. The van der Waals surface area contributed by atoms with Gasteiger partial charge in [-0.2, -0.15) is 0 Å². The van der Waals surface area contributed by atoms with Crippen molar-refractivity contribution in [3.05, 3.63) is 0 Å². The summed E-state index contributed by atoms with van der Waals surface area (Å²) < 4.78 is 22.2. The summed E-state index contributed by atoms with van der Waals surface area (Å²) in [5, 5.41) is 8.02. The van der Waals surface area contributed by atoms with E-state index in [2.05, 4.69) is 10.2 Å². The minimum Gasteiger partial charge on any atom is -0.314 e. The van der Waals surface area contributed by atoms with Gasteiger partial charge in [0.05, 0.1) is 5.25 Å². The van der Waals surface area contributed by atoms with Crippen LogP contribution in [0.25, 0.3) is 0 Å². The molecule has 0 bridgehead atoms. The van der Waals surface area contributed by atoms with Gasteiger partial charge in [-0.1, -0.05) is 0 Å². The molecule has 2 fully saturated rings. The maximum atomic E-state index is 11.1. The van der Waals surface area contributed by atoms with Gasteiger partial charge in [0.1, 0.15) is 0 Å². The first-order chi connectivity index (χ1) is 6.57. The van der Waals surface area contributed by atoms with Crippen LogP contribution in [-0.2, 0) is 10.0 Å². The second-order valence-electron chi connectivity index (χ2n) is 4.14. The van der Waals surface area contributed by atoms with Crippen molar-refractivity contribution < 1.29 is 8.42 Å². The second kappa shape index (κ2) is 3.77. The number of nitrogens with zero attached hydrogens (tertiary/aromatic N) is 1. The summed E-state index contributed by atoms with van der Waals surface area (Å²) in [6.45, 7) is 3.82. The van der Waals surface area contributed by atoms with Crippen LogP contribution in [-0.4, -0.2) is 50.8 Å². The molecule has 0 atom stereocenters. The molecule has 82 valence electrons. The van der Waals surface area contributed by atoms with Crippen molar-refractivity contribution in [2.75, 3.05) is 26.2 Å². The van der Waals surface area contributed by atoms with Gasteiger partial charge in [0.2, 0.25) is 10.0 Å². The van der Waals surface area contributed by atoms with Gasteiger partial charge in [-0.3, -0.25) is 4.90 Å². The van der Waals surface area contributed by atoms with Crippen LogP contribution >= 0.6 is 0 Å². The van der Waals surface area contributed by atoms with Crippen LogP contribution < -0.4 is 10.5 Å². The van der Waals surface area contributed by atoms with E-state index in [0.29, 0.717) is 18.9 Å². The molecule has 2 heterocycles. The van der Waals surface area contributed by atoms with Gasteiger partial charge in [-0.15, -0.1) is 0 Å². The number of hydrogen-bond donors (Lipinski definition) is 2. The van der Waals surface area contributed by atoms with Crippen LogP contribution in [0.15, 0.2) is 0 Å². The fourth-order valence-corrected chi connectivity index (χ4v) is 2.97. The van der Waals surface area contributed by atoms with Gasteiger partial charge in [-0.25, -0.2) is 13.6 Å². The molecular weight excluding hydrogens is 202 g/mol. The first-order valence-corrected chi connectivity index (χ1v) is 6.64. The van der Waals surface area contributed by atoms with Crippen LogP contribution in [0, 0.1) is 0 Å². The molecule has 6 heteroatoms. The van der Waals surface area contributed by atoms with Gasteiger partial charge >= 0.3 is 0 Å². The van der Waals surface area contributed by atoms with Gasteiger partial charge in [0.15, 0.2) is 0 Å². The molecule has 3 N–H and O–H groups in total. The van der Waals surface area contributed by atoms with E-state index in [1.165, 1.54) is 0 Å². The van der Waals surface area contributed by atoms with Crippen molar-refractivity contribution in [3.63, 3.8) is 0 Å². The van der Waals surface area contributed by atoms with Crippen LogP contribution in [0.3, 0.4) is 0 Å². The lowest BCUT2D eigenvalue weighted by atomic mass is 10.0. The average molecular weight is 219 g/mol. The Labute approximate surface area is 84.7 Å². The molecule has 2 aliphatic rings. The summed E-state index contributed by atoms with van der Waals surface area (Å²) in [5.41, 5.74) is 0. The fraction of sp³-hybridized carbons (Fsp3) is 1.00. The van der Waals surface area contributed by atoms with E-state index in [0.717, 1.165) is 26.2 Å². The van der Waals surface area contributed by atoms with Crippen molar-refractivity contribution in [3.8, 4) is 0 Å². The number of nitrogens with one attached hydrogen (secondary N) is 1. The number of primary sulfonamides is 1. The van der Waals surface area contributed by atoms with Crippen molar-refractivity contribution in [2.45, 2.75) is 24.1 Å². The molecule has 0 saturated carbocycles. The van der Waals surface area contributed by atoms with E-state index < -0.39 is 10.0 Å². The highest BCUT2D eigenvalue weighted by Crippen LogP contribution is 2.18. The third-order valence-corrected chi connectivity index (χ3v) is 4.62. The van der Waals surface area contributed by atoms with Crippen molar-refractivity contribution in [1.82, 2.24) is 10.2 Å². The summed E-state index contributed by atoms with van der Waals surface area (Å²) >= 11 is 0. The predicted molar refractivity (Wildman–Crippen MR) is 54.4 cm³/mol. The third-order valence-electron chi connectivity index (χ3n) is 3.22. The minimum absolute atomic E-state index is 0.313. The van der Waals surface area contributed by atoms with Crippen molar-refractivity contribution in [2.24, 2.45) is 5.14 Å². The zero-order valence-electron chi connectivity index (χ0n) is 8.15. The molecular formula is C8H17N3O2S. The quantitative estimate of drug-likeness (QED) is 0.606. The summed E-state index contributed by atoms with van der Waals surface area (Å²) in [7, 11) is -3.31. The van der Waals surface area contributed by atoms with E-state index in [1.54, 1.807) is 0 Å². The number of nitrogens with two attached hydrogens (primary N) is 1. The molecule has 0 aliphatic carbocycles. The van der Waals surface area contributed by atoms with Gasteiger partial charge in [0.25, 0.3) is 0 Å². The molecule has 2 rings (SSSR count). The van der Waals surface area contributed by atoms with E-state index in [4.69, 9.17) is 5.14 Å². The molecule has 0 radical (unpaired) electrons. The number of piperidine rings is 1. The van der Waals surface area contributed by atoms with E-state index in [1.807, 2.05) is 0 Å². The van der Waals surface area contributed by atoms with Crippen LogP contribution in [0.4, 0.5) is 0 Å². The average Bonchev–Trinajstić information content (AvgIpc) is 2.00. The molecule has 2 aliphatic heterocycles. The number of hydrogen-bond acceptors (Lipinski definition) is 4.